The highest BCUT2D eigenvalue weighted by molar-refractivity contribution is 5.99. The van der Waals surface area contributed by atoms with Crippen LogP contribution in [0.15, 0.2) is 60.7 Å². The normalized spacial score (nSPS) is 16.1. The highest BCUT2D eigenvalue weighted by Crippen LogP contribution is 2.29. The molecule has 0 radical (unpaired) electrons. The molecule has 1 aliphatic rings. The van der Waals surface area contributed by atoms with Crippen molar-refractivity contribution in [3.8, 4) is 6.07 Å². The van der Waals surface area contributed by atoms with Gasteiger partial charge in [0.25, 0.3) is 0 Å². The molecule has 21 heavy (non-hydrogen) atoms. The summed E-state index contributed by atoms with van der Waals surface area (Å²) in [6.45, 7) is 0. The fourth-order valence-electron chi connectivity index (χ4n) is 2.52. The molecule has 0 aromatic heterocycles. The number of hydrogen-bond acceptors (Lipinski definition) is 2. The number of nitrogens with zero attached hydrogens (tertiary/aromatic N) is 2. The molecule has 0 N–H and O–H groups in total. The van der Waals surface area contributed by atoms with Gasteiger partial charge in [-0.15, -0.1) is 0 Å². The third-order valence-corrected chi connectivity index (χ3v) is 3.53. The first-order valence-corrected chi connectivity index (χ1v) is 6.82. The molecule has 2 aromatic carbocycles. The van der Waals surface area contributed by atoms with Gasteiger partial charge >= 0.3 is 0 Å². The number of benzene rings is 2. The highest BCUT2D eigenvalue weighted by Gasteiger charge is 2.27. The largest absolute Gasteiger partial charge is 0.291 e. The van der Waals surface area contributed by atoms with Crippen molar-refractivity contribution in [1.82, 2.24) is 0 Å². The van der Waals surface area contributed by atoms with Crippen LogP contribution in [0.25, 0.3) is 6.08 Å². The summed E-state index contributed by atoms with van der Waals surface area (Å²) in [6.07, 6.45) is 3.96. The van der Waals surface area contributed by atoms with E-state index in [9.17, 15) is 10.1 Å². The lowest BCUT2D eigenvalue weighted by Crippen LogP contribution is -2.41. The summed E-state index contributed by atoms with van der Waals surface area (Å²) < 4.78 is 0. The minimum Gasteiger partial charge on any atom is -0.291 e. The first kappa shape index (κ1) is 13.1. The van der Waals surface area contributed by atoms with Crippen LogP contribution in [0, 0.1) is 11.3 Å². The minimum absolute atomic E-state index is 0.0652. The van der Waals surface area contributed by atoms with Crippen LogP contribution in [0.3, 0.4) is 0 Å². The van der Waals surface area contributed by atoms with Gasteiger partial charge in [0, 0.05) is 0 Å². The van der Waals surface area contributed by atoms with Gasteiger partial charge in [-0.3, -0.25) is 9.69 Å². The first-order valence-electron chi connectivity index (χ1n) is 6.82. The third kappa shape index (κ3) is 2.56. The van der Waals surface area contributed by atoms with Crippen molar-refractivity contribution in [2.75, 3.05) is 4.90 Å². The summed E-state index contributed by atoms with van der Waals surface area (Å²) in [6, 6.07) is 18.9. The van der Waals surface area contributed by atoms with Crippen LogP contribution in [0.1, 0.15) is 11.1 Å². The van der Waals surface area contributed by atoms with Gasteiger partial charge in [-0.05, 0) is 23.3 Å². The van der Waals surface area contributed by atoms with Crippen molar-refractivity contribution in [2.24, 2.45) is 0 Å². The molecule has 3 rings (SSSR count). The van der Waals surface area contributed by atoms with Crippen LogP contribution in [-0.2, 0) is 11.2 Å². The Labute approximate surface area is 123 Å². The van der Waals surface area contributed by atoms with Crippen molar-refractivity contribution in [3.05, 3.63) is 71.8 Å². The number of hydrogen-bond donors (Lipinski definition) is 0. The number of amides is 1. The molecule has 3 heteroatoms. The molecule has 1 amide bonds. The van der Waals surface area contributed by atoms with Crippen LogP contribution in [0.5, 0.6) is 0 Å². The number of fused-ring (bicyclic) bond motifs is 1. The van der Waals surface area contributed by atoms with Gasteiger partial charge in [-0.1, -0.05) is 54.6 Å². The number of rotatable bonds is 2. The van der Waals surface area contributed by atoms with E-state index in [0.717, 1.165) is 16.8 Å². The maximum atomic E-state index is 12.6. The Balaban J connectivity index is 1.93. The Morgan fingerprint density at radius 3 is 2.57 bits per heavy atom. The van der Waals surface area contributed by atoms with Crippen molar-refractivity contribution >= 4 is 17.7 Å². The maximum absolute atomic E-state index is 12.6. The topological polar surface area (TPSA) is 44.1 Å². The molecule has 0 unspecified atom stereocenters. The molecule has 0 bridgehead atoms. The molecule has 0 saturated carbocycles. The zero-order valence-electron chi connectivity index (χ0n) is 11.4. The standard InChI is InChI=1S/C18H14N2O/c19-13-16-11-10-15-8-4-5-9-17(15)20(16)18(21)12-14-6-2-1-3-7-14/h1-11,16H,12H2/t16-/m1/s1. The molecule has 0 saturated heterocycles. The number of anilines is 1. The lowest BCUT2D eigenvalue weighted by atomic mass is 10.0. The van der Waals surface area contributed by atoms with Crippen LogP contribution in [-0.4, -0.2) is 11.9 Å². The lowest BCUT2D eigenvalue weighted by Gasteiger charge is -2.30. The van der Waals surface area contributed by atoms with Crippen LogP contribution in [0.4, 0.5) is 5.69 Å². The van der Waals surface area contributed by atoms with Gasteiger partial charge in [0.05, 0.1) is 18.2 Å². The van der Waals surface area contributed by atoms with Gasteiger partial charge in [-0.25, -0.2) is 0 Å². The Bertz CT molecular complexity index is 728. The number of carbonyl (C=O) groups is 1. The van der Waals surface area contributed by atoms with Gasteiger partial charge in [0.2, 0.25) is 5.91 Å². The minimum atomic E-state index is -0.545. The van der Waals surface area contributed by atoms with Gasteiger partial charge < -0.3 is 0 Å². The summed E-state index contributed by atoms with van der Waals surface area (Å²) in [4.78, 5) is 14.2. The van der Waals surface area contributed by atoms with E-state index in [1.807, 2.05) is 60.7 Å². The Kier molecular flexibility index (Phi) is 3.53. The number of nitriles is 1. The summed E-state index contributed by atoms with van der Waals surface area (Å²) in [5.41, 5.74) is 2.71. The van der Waals surface area contributed by atoms with E-state index >= 15 is 0 Å². The van der Waals surface area contributed by atoms with Crippen molar-refractivity contribution in [3.63, 3.8) is 0 Å². The zero-order valence-corrected chi connectivity index (χ0v) is 11.4. The van der Waals surface area contributed by atoms with Crippen LogP contribution in [0.2, 0.25) is 0 Å². The second-order valence-electron chi connectivity index (χ2n) is 4.92. The van der Waals surface area contributed by atoms with E-state index in [4.69, 9.17) is 0 Å². The monoisotopic (exact) mass is 274 g/mol. The molecule has 1 atom stereocenters. The lowest BCUT2D eigenvalue weighted by molar-refractivity contribution is -0.118. The maximum Gasteiger partial charge on any atom is 0.232 e. The molecule has 1 aliphatic heterocycles. The molecule has 0 aliphatic carbocycles. The predicted molar refractivity (Wildman–Crippen MR) is 82.5 cm³/mol. The van der Waals surface area contributed by atoms with E-state index < -0.39 is 6.04 Å². The molecular formula is C18H14N2O. The summed E-state index contributed by atoms with van der Waals surface area (Å²) >= 11 is 0. The molecule has 1 heterocycles. The zero-order chi connectivity index (χ0) is 14.7. The molecule has 0 spiro atoms. The van der Waals surface area contributed by atoms with Crippen molar-refractivity contribution in [1.29, 1.82) is 5.26 Å². The summed E-state index contributed by atoms with van der Waals surface area (Å²) in [5, 5.41) is 9.31. The Morgan fingerprint density at radius 2 is 1.81 bits per heavy atom. The van der Waals surface area contributed by atoms with E-state index in [-0.39, 0.29) is 5.91 Å². The summed E-state index contributed by atoms with van der Waals surface area (Å²) in [5.74, 6) is -0.0652. The van der Waals surface area contributed by atoms with Gasteiger partial charge in [-0.2, -0.15) is 5.26 Å². The molecule has 102 valence electrons. The van der Waals surface area contributed by atoms with Crippen LogP contribution < -0.4 is 4.90 Å². The van der Waals surface area contributed by atoms with Gasteiger partial charge in [0.15, 0.2) is 0 Å². The second-order valence-corrected chi connectivity index (χ2v) is 4.92. The Hall–Kier alpha value is -2.86. The second kappa shape index (κ2) is 5.64. The number of para-hydroxylation sites is 1. The molecular weight excluding hydrogens is 260 g/mol. The van der Waals surface area contributed by atoms with Crippen molar-refractivity contribution < 1.29 is 4.79 Å². The van der Waals surface area contributed by atoms with E-state index in [0.29, 0.717) is 6.42 Å². The summed E-state index contributed by atoms with van der Waals surface area (Å²) in [7, 11) is 0. The van der Waals surface area contributed by atoms with E-state index in [2.05, 4.69) is 6.07 Å². The fraction of sp³-hybridized carbons (Fsp3) is 0.111. The first-order chi connectivity index (χ1) is 10.3. The average molecular weight is 274 g/mol. The number of carbonyl (C=O) groups excluding carboxylic acids is 1. The Morgan fingerprint density at radius 1 is 1.10 bits per heavy atom. The SMILES string of the molecule is N#C[C@H]1C=Cc2ccccc2N1C(=O)Cc1ccccc1. The molecule has 2 aromatic rings. The smallest absolute Gasteiger partial charge is 0.232 e. The van der Waals surface area contributed by atoms with E-state index in [1.165, 1.54) is 0 Å². The highest BCUT2D eigenvalue weighted by atomic mass is 16.2. The quantitative estimate of drug-likeness (QED) is 0.844. The third-order valence-electron chi connectivity index (χ3n) is 3.53. The molecule has 0 fully saturated rings. The van der Waals surface area contributed by atoms with E-state index in [1.54, 1.807) is 11.0 Å². The molecule has 3 nitrogen and oxygen atoms in total. The fourth-order valence-corrected chi connectivity index (χ4v) is 2.52. The van der Waals surface area contributed by atoms with Crippen LogP contribution >= 0.6 is 0 Å². The van der Waals surface area contributed by atoms with Crippen molar-refractivity contribution in [2.45, 2.75) is 12.5 Å². The average Bonchev–Trinajstić information content (AvgIpc) is 2.54. The van der Waals surface area contributed by atoms with Gasteiger partial charge in [0.1, 0.15) is 6.04 Å². The predicted octanol–water partition coefficient (Wildman–Crippen LogP) is 3.18.